The van der Waals surface area contributed by atoms with Crippen molar-refractivity contribution in [2.75, 3.05) is 0 Å². The lowest BCUT2D eigenvalue weighted by Crippen LogP contribution is -1.79. The number of phenolic OH excluding ortho intramolecular Hbond substituents is 1. The van der Waals surface area contributed by atoms with E-state index in [9.17, 15) is 9.50 Å². The van der Waals surface area contributed by atoms with E-state index in [1.807, 2.05) is 0 Å². The van der Waals surface area contributed by atoms with Crippen LogP contribution in [0.5, 0.6) is 5.75 Å². The van der Waals surface area contributed by atoms with Gasteiger partial charge >= 0.3 is 0 Å². The monoisotopic (exact) mass is 229 g/mol. The van der Waals surface area contributed by atoms with E-state index in [1.165, 1.54) is 0 Å². The van der Waals surface area contributed by atoms with E-state index in [1.54, 1.807) is 18.3 Å². The van der Waals surface area contributed by atoms with Crippen molar-refractivity contribution >= 4 is 26.8 Å². The van der Waals surface area contributed by atoms with Crippen LogP contribution >= 0.6 is 15.9 Å². The molecule has 2 rings (SSSR count). The molecule has 4 heteroatoms. The number of phenols is 1. The van der Waals surface area contributed by atoms with Crippen molar-refractivity contribution in [1.29, 1.82) is 0 Å². The second-order valence-electron chi connectivity index (χ2n) is 2.46. The summed E-state index contributed by atoms with van der Waals surface area (Å²) in [6.07, 6.45) is 1.62. The Morgan fingerprint density at radius 3 is 3.00 bits per heavy atom. The van der Waals surface area contributed by atoms with Gasteiger partial charge in [-0.3, -0.25) is 0 Å². The number of halogens is 2. The van der Waals surface area contributed by atoms with Crippen LogP contribution in [-0.2, 0) is 0 Å². The third kappa shape index (κ3) is 0.914. The Balaban J connectivity index is 2.94. The maximum absolute atomic E-state index is 13.2. The minimum atomic E-state index is -0.597. The molecule has 0 radical (unpaired) electrons. The summed E-state index contributed by atoms with van der Waals surface area (Å²) in [5, 5.41) is 9.59. The minimum absolute atomic E-state index is 0.345. The van der Waals surface area contributed by atoms with Gasteiger partial charge in [-0.05, 0) is 28.1 Å². The number of fused-ring (bicyclic) bond motifs is 1. The number of nitrogens with one attached hydrogen (secondary N) is 1. The zero-order valence-corrected chi connectivity index (χ0v) is 7.52. The van der Waals surface area contributed by atoms with Crippen molar-refractivity contribution in [3.05, 3.63) is 28.6 Å². The second-order valence-corrected chi connectivity index (χ2v) is 3.31. The third-order valence-corrected chi connectivity index (χ3v) is 2.33. The zero-order chi connectivity index (χ0) is 8.72. The van der Waals surface area contributed by atoms with Crippen LogP contribution in [-0.4, -0.2) is 10.1 Å². The number of aromatic amines is 1. The molecule has 0 saturated carbocycles. The Morgan fingerprint density at radius 2 is 2.25 bits per heavy atom. The molecule has 1 aromatic heterocycles. The van der Waals surface area contributed by atoms with Gasteiger partial charge in [0, 0.05) is 17.1 Å². The maximum Gasteiger partial charge on any atom is 0.175 e. The van der Waals surface area contributed by atoms with E-state index >= 15 is 0 Å². The van der Waals surface area contributed by atoms with Crippen molar-refractivity contribution in [2.24, 2.45) is 0 Å². The molecule has 1 aromatic carbocycles. The van der Waals surface area contributed by atoms with E-state index in [4.69, 9.17) is 0 Å². The first kappa shape index (κ1) is 7.61. The number of hydrogen-bond donors (Lipinski definition) is 2. The second kappa shape index (κ2) is 2.48. The fraction of sp³-hybridized carbons (Fsp3) is 0. The van der Waals surface area contributed by atoms with Crippen LogP contribution in [0, 0.1) is 5.82 Å². The number of hydrogen-bond acceptors (Lipinski definition) is 1. The molecular weight excluding hydrogens is 225 g/mol. The van der Waals surface area contributed by atoms with E-state index < -0.39 is 5.82 Å². The van der Waals surface area contributed by atoms with Crippen molar-refractivity contribution in [3.8, 4) is 5.75 Å². The molecule has 2 N–H and O–H groups in total. The van der Waals surface area contributed by atoms with E-state index in [0.717, 1.165) is 0 Å². The Labute approximate surface area is 76.1 Å². The summed E-state index contributed by atoms with van der Waals surface area (Å²) < 4.78 is 13.5. The first-order valence-electron chi connectivity index (χ1n) is 3.34. The lowest BCUT2D eigenvalue weighted by molar-refractivity contribution is 0.433. The molecule has 0 spiro atoms. The number of benzene rings is 1. The number of aromatic hydroxyl groups is 1. The highest BCUT2D eigenvalue weighted by Gasteiger charge is 2.10. The van der Waals surface area contributed by atoms with Crippen molar-refractivity contribution in [2.45, 2.75) is 0 Å². The summed E-state index contributed by atoms with van der Waals surface area (Å²) in [5.41, 5.74) is 0.664. The average Bonchev–Trinajstić information content (AvgIpc) is 2.48. The Hall–Kier alpha value is -1.03. The smallest absolute Gasteiger partial charge is 0.175 e. The third-order valence-electron chi connectivity index (χ3n) is 1.72. The molecule has 0 unspecified atom stereocenters. The fourth-order valence-corrected chi connectivity index (χ4v) is 1.52. The maximum atomic E-state index is 13.2. The molecule has 0 bridgehead atoms. The predicted molar refractivity (Wildman–Crippen MR) is 47.6 cm³/mol. The summed E-state index contributed by atoms with van der Waals surface area (Å²) in [6.45, 7) is 0. The van der Waals surface area contributed by atoms with Gasteiger partial charge in [0.2, 0.25) is 0 Å². The Kier molecular flexibility index (Phi) is 1.58. The normalized spacial score (nSPS) is 10.8. The molecule has 2 nitrogen and oxygen atoms in total. The standard InChI is InChI=1S/C8H5BrFNO/c9-5-3-6-4(1-2-11-6)7(10)8(5)12/h1-3,11-12H. The number of rotatable bonds is 0. The summed E-state index contributed by atoms with van der Waals surface area (Å²) in [4.78, 5) is 2.85. The van der Waals surface area contributed by atoms with Gasteiger partial charge in [-0.25, -0.2) is 4.39 Å². The lowest BCUT2D eigenvalue weighted by atomic mass is 10.2. The van der Waals surface area contributed by atoms with Gasteiger partial charge in [0.05, 0.1) is 4.47 Å². The highest BCUT2D eigenvalue weighted by atomic mass is 79.9. The Morgan fingerprint density at radius 1 is 1.50 bits per heavy atom. The van der Waals surface area contributed by atoms with Crippen LogP contribution in [0.1, 0.15) is 0 Å². The molecule has 12 heavy (non-hydrogen) atoms. The molecular formula is C8H5BrFNO. The number of H-pyrrole nitrogens is 1. The topological polar surface area (TPSA) is 36.0 Å². The SMILES string of the molecule is Oc1c(Br)cc2[nH]ccc2c1F. The van der Waals surface area contributed by atoms with Gasteiger partial charge in [-0.2, -0.15) is 0 Å². The van der Waals surface area contributed by atoms with Crippen LogP contribution in [0.2, 0.25) is 0 Å². The molecule has 0 aliphatic carbocycles. The molecule has 62 valence electrons. The summed E-state index contributed by atoms with van der Waals surface area (Å²) in [5.74, 6) is -0.942. The largest absolute Gasteiger partial charge is 0.504 e. The van der Waals surface area contributed by atoms with Crippen molar-refractivity contribution in [1.82, 2.24) is 4.98 Å². The number of aromatic nitrogens is 1. The van der Waals surface area contributed by atoms with Gasteiger partial charge in [-0.15, -0.1) is 0 Å². The molecule has 0 aliphatic rings. The molecule has 2 aromatic rings. The van der Waals surface area contributed by atoms with Crippen LogP contribution < -0.4 is 0 Å². The quantitative estimate of drug-likeness (QED) is 0.717. The molecule has 1 heterocycles. The molecule has 0 atom stereocenters. The van der Waals surface area contributed by atoms with Gasteiger partial charge in [0.25, 0.3) is 0 Å². The van der Waals surface area contributed by atoms with E-state index in [2.05, 4.69) is 20.9 Å². The summed E-state index contributed by atoms with van der Waals surface area (Å²) in [7, 11) is 0. The van der Waals surface area contributed by atoms with Crippen LogP contribution in [0.25, 0.3) is 10.9 Å². The first-order valence-corrected chi connectivity index (χ1v) is 4.13. The van der Waals surface area contributed by atoms with Gasteiger partial charge in [-0.1, -0.05) is 0 Å². The highest BCUT2D eigenvalue weighted by Crippen LogP contribution is 2.32. The zero-order valence-electron chi connectivity index (χ0n) is 5.94. The average molecular weight is 230 g/mol. The molecule has 0 saturated heterocycles. The molecule has 0 aliphatic heterocycles. The Bertz CT molecular complexity index is 438. The van der Waals surface area contributed by atoms with Crippen LogP contribution in [0.15, 0.2) is 22.8 Å². The first-order chi connectivity index (χ1) is 5.70. The van der Waals surface area contributed by atoms with Crippen molar-refractivity contribution < 1.29 is 9.50 Å². The highest BCUT2D eigenvalue weighted by molar-refractivity contribution is 9.10. The van der Waals surface area contributed by atoms with Gasteiger partial charge < -0.3 is 10.1 Å². The van der Waals surface area contributed by atoms with Crippen LogP contribution in [0.3, 0.4) is 0 Å². The van der Waals surface area contributed by atoms with Crippen LogP contribution in [0.4, 0.5) is 4.39 Å². The van der Waals surface area contributed by atoms with E-state index in [0.29, 0.717) is 15.4 Å². The van der Waals surface area contributed by atoms with Gasteiger partial charge in [0.1, 0.15) is 0 Å². The predicted octanol–water partition coefficient (Wildman–Crippen LogP) is 2.78. The fourth-order valence-electron chi connectivity index (χ4n) is 1.12. The van der Waals surface area contributed by atoms with Crippen molar-refractivity contribution in [3.63, 3.8) is 0 Å². The summed E-state index contributed by atoms with van der Waals surface area (Å²) >= 11 is 3.04. The minimum Gasteiger partial charge on any atom is -0.504 e. The lowest BCUT2D eigenvalue weighted by Gasteiger charge is -1.99. The van der Waals surface area contributed by atoms with E-state index in [-0.39, 0.29) is 5.75 Å². The van der Waals surface area contributed by atoms with Gasteiger partial charge in [0.15, 0.2) is 11.6 Å². The summed E-state index contributed by atoms with van der Waals surface area (Å²) in [6, 6.07) is 3.21. The molecule has 0 amide bonds. The molecule has 0 fully saturated rings.